The lowest BCUT2D eigenvalue weighted by Crippen LogP contribution is -2.11. The van der Waals surface area contributed by atoms with Crippen molar-refractivity contribution in [2.24, 2.45) is 0 Å². The number of para-hydroxylation sites is 2. The summed E-state index contributed by atoms with van der Waals surface area (Å²) in [4.78, 5) is 0. The molecule has 0 radical (unpaired) electrons. The third kappa shape index (κ3) is 4.90. The van der Waals surface area contributed by atoms with Gasteiger partial charge in [0.25, 0.3) is 0 Å². The fourth-order valence-electron chi connectivity index (χ4n) is 7.05. The van der Waals surface area contributed by atoms with Gasteiger partial charge in [-0.3, -0.25) is 0 Å². The van der Waals surface area contributed by atoms with Crippen molar-refractivity contribution in [1.82, 2.24) is 9.13 Å². The zero-order valence-electron chi connectivity index (χ0n) is 26.6. The summed E-state index contributed by atoms with van der Waals surface area (Å²) in [5.74, 6) is 0. The Labute approximate surface area is 281 Å². The van der Waals surface area contributed by atoms with Crippen LogP contribution in [-0.4, -0.2) is 9.13 Å². The summed E-state index contributed by atoms with van der Waals surface area (Å²) in [6, 6.07) is 33.9. The Kier molecular flexibility index (Phi) is 6.88. The van der Waals surface area contributed by atoms with Crippen LogP contribution in [0.5, 0.6) is 0 Å². The lowest BCUT2D eigenvalue weighted by atomic mass is 9.96. The molecule has 0 atom stereocenters. The van der Waals surface area contributed by atoms with Crippen LogP contribution >= 0.6 is 0 Å². The van der Waals surface area contributed by atoms with Gasteiger partial charge in [-0.15, -0.1) is 0 Å². The Bertz CT molecular complexity index is 2550. The molecular weight excluding hydrogens is 648 g/mol. The molecule has 2 heterocycles. The fraction of sp³-hybridized carbons (Fsp3) is 0.0976. The van der Waals surface area contributed by atoms with Crippen molar-refractivity contribution in [3.8, 4) is 28.6 Å². The Morgan fingerprint density at radius 1 is 0.480 bits per heavy atom. The first kappa shape index (κ1) is 31.3. The Morgan fingerprint density at radius 3 is 1.30 bits per heavy atom. The summed E-state index contributed by atoms with van der Waals surface area (Å²) < 4.78 is 88.5. The summed E-state index contributed by atoms with van der Waals surface area (Å²) >= 11 is 0. The molecule has 246 valence electrons. The van der Waals surface area contributed by atoms with Gasteiger partial charge >= 0.3 is 12.4 Å². The third-order valence-electron chi connectivity index (χ3n) is 9.27. The van der Waals surface area contributed by atoms with Crippen LogP contribution in [0.1, 0.15) is 27.8 Å². The van der Waals surface area contributed by atoms with Gasteiger partial charge in [0.15, 0.2) is 0 Å². The summed E-state index contributed by atoms with van der Waals surface area (Å²) in [7, 11) is 0. The average Bonchev–Trinajstić information content (AvgIpc) is 3.58. The molecule has 2 aromatic heterocycles. The Balaban J connectivity index is 1.58. The monoisotopic (exact) mass is 673 g/mol. The predicted molar refractivity (Wildman–Crippen MR) is 185 cm³/mol. The molecule has 0 amide bonds. The van der Waals surface area contributed by atoms with Gasteiger partial charge < -0.3 is 9.13 Å². The molecule has 8 rings (SSSR count). The van der Waals surface area contributed by atoms with Gasteiger partial charge in [0.2, 0.25) is 0 Å². The summed E-state index contributed by atoms with van der Waals surface area (Å²) in [6.45, 7) is 3.85. The third-order valence-corrected chi connectivity index (χ3v) is 9.27. The van der Waals surface area contributed by atoms with E-state index in [4.69, 9.17) is 0 Å². The van der Waals surface area contributed by atoms with E-state index in [-0.39, 0.29) is 22.8 Å². The highest BCUT2D eigenvalue weighted by molar-refractivity contribution is 6.11. The smallest absolute Gasteiger partial charge is 0.308 e. The van der Waals surface area contributed by atoms with Crippen LogP contribution in [0.2, 0.25) is 0 Å². The van der Waals surface area contributed by atoms with Crippen LogP contribution in [0, 0.1) is 25.2 Å². The molecule has 6 aromatic carbocycles. The second-order valence-corrected chi connectivity index (χ2v) is 12.5. The average molecular weight is 674 g/mol. The van der Waals surface area contributed by atoms with Crippen LogP contribution < -0.4 is 0 Å². The number of benzene rings is 6. The molecule has 0 unspecified atom stereocenters. The molecule has 0 spiro atoms. The van der Waals surface area contributed by atoms with Crippen LogP contribution in [-0.2, 0) is 12.4 Å². The van der Waals surface area contributed by atoms with Gasteiger partial charge in [-0.05, 0) is 90.7 Å². The molecule has 50 heavy (non-hydrogen) atoms. The molecular formula is C41H25F6N3. The molecule has 0 aliphatic carbocycles. The molecule has 0 fully saturated rings. The predicted octanol–water partition coefficient (Wildman–Crippen LogP) is 12.1. The van der Waals surface area contributed by atoms with Crippen LogP contribution in [0.4, 0.5) is 26.3 Å². The summed E-state index contributed by atoms with van der Waals surface area (Å²) in [5.41, 5.74) is 2.60. The maximum absolute atomic E-state index is 14.1. The van der Waals surface area contributed by atoms with Crippen molar-refractivity contribution in [2.75, 3.05) is 0 Å². The first-order chi connectivity index (χ1) is 23.8. The lowest BCUT2D eigenvalue weighted by molar-refractivity contribution is -0.143. The number of nitriles is 1. The van der Waals surface area contributed by atoms with Gasteiger partial charge in [0.1, 0.15) is 11.6 Å². The molecule has 0 N–H and O–H groups in total. The van der Waals surface area contributed by atoms with Gasteiger partial charge in [0.05, 0.1) is 44.6 Å². The standard InChI is InChI=1S/C41H25F6N3/c1-23-11-13-31-29-7-3-5-9-34(29)49(36(31)15-23)38-19-26(25-17-27(40(42,43)44)21-28(18-25)41(45,46)47)20-39(33(38)22-48)50-35-10-6-4-8-30(35)32-14-12-24(2)16-37(32)50/h3-21H,1-2H3. The SMILES string of the molecule is Cc1ccc2c3ccccc3n(-c3cc(-c4cc(C(F)(F)F)cc(C(F)(F)F)c4)cc(-n4c5ccccc5c5ccc(C)cc54)c3C#N)c2c1. The highest BCUT2D eigenvalue weighted by atomic mass is 19.4. The second kappa shape index (κ2) is 11.0. The van der Waals surface area contributed by atoms with E-state index >= 15 is 0 Å². The van der Waals surface area contributed by atoms with Crippen LogP contribution in [0.3, 0.4) is 0 Å². The largest absolute Gasteiger partial charge is 0.416 e. The normalized spacial score (nSPS) is 12.4. The summed E-state index contributed by atoms with van der Waals surface area (Å²) in [5, 5.41) is 14.5. The molecule has 0 aliphatic rings. The van der Waals surface area contributed by atoms with E-state index in [0.717, 1.165) is 66.9 Å². The minimum absolute atomic E-state index is 0.0859. The van der Waals surface area contributed by atoms with Crippen molar-refractivity contribution in [3.63, 3.8) is 0 Å². The van der Waals surface area contributed by atoms with Gasteiger partial charge in [-0.1, -0.05) is 60.7 Å². The van der Waals surface area contributed by atoms with E-state index < -0.39 is 23.5 Å². The molecule has 9 heteroatoms. The van der Waals surface area contributed by atoms with Gasteiger partial charge in [-0.2, -0.15) is 31.6 Å². The zero-order valence-corrected chi connectivity index (χ0v) is 26.6. The van der Waals surface area contributed by atoms with E-state index in [1.165, 1.54) is 12.1 Å². The zero-order chi connectivity index (χ0) is 35.1. The van der Waals surface area contributed by atoms with E-state index in [0.29, 0.717) is 11.4 Å². The first-order valence-electron chi connectivity index (χ1n) is 15.7. The minimum Gasteiger partial charge on any atom is -0.308 e. The molecule has 8 aromatic rings. The van der Waals surface area contributed by atoms with E-state index in [9.17, 15) is 31.6 Å². The van der Waals surface area contributed by atoms with Crippen molar-refractivity contribution in [2.45, 2.75) is 26.2 Å². The minimum atomic E-state index is -5.04. The highest BCUT2D eigenvalue weighted by Crippen LogP contribution is 2.43. The van der Waals surface area contributed by atoms with E-state index in [2.05, 4.69) is 6.07 Å². The van der Waals surface area contributed by atoms with E-state index in [1.54, 1.807) is 0 Å². The number of hydrogen-bond acceptors (Lipinski definition) is 1. The van der Waals surface area contributed by atoms with Crippen molar-refractivity contribution < 1.29 is 26.3 Å². The molecule has 0 aliphatic heterocycles. The number of aryl methyl sites for hydroxylation is 2. The highest BCUT2D eigenvalue weighted by Gasteiger charge is 2.37. The Morgan fingerprint density at radius 2 is 0.880 bits per heavy atom. The van der Waals surface area contributed by atoms with Crippen molar-refractivity contribution in [1.29, 1.82) is 5.26 Å². The molecule has 3 nitrogen and oxygen atoms in total. The quantitative estimate of drug-likeness (QED) is 0.172. The first-order valence-corrected chi connectivity index (χ1v) is 15.7. The van der Waals surface area contributed by atoms with Crippen LogP contribution in [0.15, 0.2) is 115 Å². The summed E-state index contributed by atoms with van der Waals surface area (Å²) in [6.07, 6.45) is -10.1. The number of fused-ring (bicyclic) bond motifs is 6. The maximum Gasteiger partial charge on any atom is 0.416 e. The number of alkyl halides is 6. The Hall–Kier alpha value is -6.01. The lowest BCUT2D eigenvalue weighted by Gasteiger charge is -2.20. The van der Waals surface area contributed by atoms with Crippen molar-refractivity contribution in [3.05, 3.63) is 143 Å². The van der Waals surface area contributed by atoms with Gasteiger partial charge in [-0.25, -0.2) is 0 Å². The number of aromatic nitrogens is 2. The van der Waals surface area contributed by atoms with Crippen molar-refractivity contribution >= 4 is 43.6 Å². The van der Waals surface area contributed by atoms with Crippen LogP contribution in [0.25, 0.3) is 66.1 Å². The number of rotatable bonds is 3. The van der Waals surface area contributed by atoms with Gasteiger partial charge in [0, 0.05) is 21.5 Å². The number of hydrogen-bond donors (Lipinski definition) is 0. The second-order valence-electron chi connectivity index (χ2n) is 12.5. The topological polar surface area (TPSA) is 33.6 Å². The molecule has 0 saturated heterocycles. The molecule has 0 bridgehead atoms. The number of nitrogens with zero attached hydrogens (tertiary/aromatic N) is 3. The maximum atomic E-state index is 14.1. The fourth-order valence-corrected chi connectivity index (χ4v) is 7.05. The molecule has 0 saturated carbocycles. The van der Waals surface area contributed by atoms with E-state index in [1.807, 2.05) is 108 Å². The number of halogens is 6.